The Labute approximate surface area is 529 Å². The number of likely N-dealkylation sites (N-methyl/N-ethyl adjacent to an activating group) is 7. The van der Waals surface area contributed by atoms with Crippen LogP contribution in [0.5, 0.6) is 0 Å². The number of nitrogens with one attached hydrogen (secondary N) is 4. The molecule has 0 radical (unpaired) electrons. The minimum absolute atomic E-state index is 0.0235. The van der Waals surface area contributed by atoms with Gasteiger partial charge in [0.05, 0.1) is 38.7 Å². The van der Waals surface area contributed by atoms with E-state index in [2.05, 4.69) is 21.3 Å². The zero-order chi connectivity index (χ0) is 68.8. The van der Waals surface area contributed by atoms with Crippen LogP contribution in [-0.4, -0.2) is 257 Å². The molecule has 1 heterocycles. The minimum Gasteiger partial charge on any atom is -0.516 e. The lowest BCUT2D eigenvalue weighted by molar-refractivity contribution is -0.157. The Kier molecular flexibility index (Phi) is 34.1. The predicted octanol–water partition coefficient (Wildman–Crippen LogP) is 1.75. The fourth-order valence-corrected chi connectivity index (χ4v) is 10.9. The first-order valence-corrected chi connectivity index (χ1v) is 31.5. The van der Waals surface area contributed by atoms with Crippen LogP contribution < -0.4 is 21.3 Å². The van der Waals surface area contributed by atoms with Crippen molar-refractivity contribution in [2.45, 2.75) is 209 Å². The van der Waals surface area contributed by atoms with Gasteiger partial charge in [0.25, 0.3) is 0 Å². The van der Waals surface area contributed by atoms with Gasteiger partial charge in [-0.3, -0.25) is 52.7 Å². The van der Waals surface area contributed by atoms with Crippen LogP contribution in [0, 0.1) is 41.4 Å². The van der Waals surface area contributed by atoms with E-state index in [1.807, 2.05) is 55.4 Å². The summed E-state index contributed by atoms with van der Waals surface area (Å²) in [7, 11) is 9.61. The number of aliphatic hydroxyl groups is 3. The molecule has 0 aromatic heterocycles. The number of nitrogens with zero attached hydrogens (tertiary/aromatic N) is 7. The zero-order valence-corrected chi connectivity index (χ0v) is 57.5. The first kappa shape index (κ1) is 80.6. The summed E-state index contributed by atoms with van der Waals surface area (Å²) < 4.78 is 5.61. The number of hydrogen-bond donors (Lipinski definition) is 7. The number of amides is 11. The number of aliphatic hydroxyl groups excluding tert-OH is 3. The van der Waals surface area contributed by atoms with Crippen LogP contribution >= 0.6 is 0 Å². The fourth-order valence-electron chi connectivity index (χ4n) is 10.9. The number of allylic oxidation sites excluding steroid dienone is 1. The molecule has 0 bridgehead atoms. The van der Waals surface area contributed by atoms with Gasteiger partial charge in [-0.05, 0) is 93.0 Å². The number of ether oxygens (including phenoxy) is 1. The molecule has 0 aromatic rings. The minimum atomic E-state index is -1.71. The third-order valence-corrected chi connectivity index (χ3v) is 16.4. The van der Waals surface area contributed by atoms with Gasteiger partial charge in [-0.1, -0.05) is 96.9 Å². The van der Waals surface area contributed by atoms with Gasteiger partial charge in [0.15, 0.2) is 0 Å². The average molecular weight is 1260 g/mol. The van der Waals surface area contributed by atoms with Gasteiger partial charge in [-0.15, -0.1) is 0 Å². The van der Waals surface area contributed by atoms with Gasteiger partial charge in [0, 0.05) is 49.3 Å². The van der Waals surface area contributed by atoms with Crippen molar-refractivity contribution in [1.29, 1.82) is 0 Å². The van der Waals surface area contributed by atoms with Crippen molar-refractivity contribution in [3.8, 4) is 0 Å². The maximum Gasteiger partial charge on any atom is 0.247 e. The summed E-state index contributed by atoms with van der Waals surface area (Å²) in [6.07, 6.45) is 0.913. The zero-order valence-electron chi connectivity index (χ0n) is 57.5. The molecule has 1 aliphatic heterocycles. The second-order valence-corrected chi connectivity index (χ2v) is 26.5. The van der Waals surface area contributed by atoms with Crippen molar-refractivity contribution >= 4 is 65.0 Å². The molecule has 0 saturated carbocycles. The lowest BCUT2D eigenvalue weighted by Crippen LogP contribution is -2.63. The summed E-state index contributed by atoms with van der Waals surface area (Å²) in [4.78, 5) is 170. The number of carbonyl (C=O) groups excluding carboxylic acids is 11. The van der Waals surface area contributed by atoms with Crippen LogP contribution in [0.25, 0.3) is 0 Å². The van der Waals surface area contributed by atoms with Crippen LogP contribution in [0.15, 0.2) is 12.3 Å². The van der Waals surface area contributed by atoms with Crippen LogP contribution in [0.4, 0.5) is 0 Å². The summed E-state index contributed by atoms with van der Waals surface area (Å²) in [5.41, 5.74) is 0. The molecule has 1 rings (SSSR count). The highest BCUT2D eigenvalue weighted by molar-refractivity contribution is 5.99. The van der Waals surface area contributed by atoms with Crippen molar-refractivity contribution in [3.05, 3.63) is 12.3 Å². The smallest absolute Gasteiger partial charge is 0.247 e. The molecule has 11 amide bonds. The van der Waals surface area contributed by atoms with E-state index in [-0.39, 0.29) is 68.8 Å². The van der Waals surface area contributed by atoms with E-state index in [1.54, 1.807) is 41.5 Å². The summed E-state index contributed by atoms with van der Waals surface area (Å²) >= 11 is 0. The van der Waals surface area contributed by atoms with Gasteiger partial charge in [0.1, 0.15) is 60.4 Å². The summed E-state index contributed by atoms with van der Waals surface area (Å²) in [5, 5.41) is 42.1. The standard InChI is InChI=1S/C63H113N11O15/c1-23-43-58(83)68(16)33-49(77)69(17)45(29-35(2)3)56(81)67-50(39(10)11)62(87)70(18)46(30-36(4)5)55(80)64-42(15)54(79)66-44(34-89-28-27-76)59(84)71(19)47(31-37(6)7)60(85)72(20)48(32-38(8)9)61(86)73(21)51(40(12)13)63(88)74(22)52(57(82)65-43)53(78)41(14)25-24-26-75/h24,26,35-48,50-53,75-76,78H,23,25,27-34H2,1-22H3,(H,64,80)(H,65,82)(H,66,79)(H,67,81)/b26-24+/t41?,42-,43-,44-,45-,46-,47-,48-,50-,51-,52-,53?/m0/s1. The highest BCUT2D eigenvalue weighted by Crippen LogP contribution is 2.26. The van der Waals surface area contributed by atoms with Crippen molar-refractivity contribution in [3.63, 3.8) is 0 Å². The fraction of sp³-hybridized carbons (Fsp3) is 0.794. The van der Waals surface area contributed by atoms with E-state index >= 15 is 14.4 Å². The molecule has 0 spiro atoms. The molecule has 1 aliphatic rings. The Hall–Kier alpha value is -6.41. The Bertz CT molecular complexity index is 2400. The van der Waals surface area contributed by atoms with Gasteiger partial charge in [0.2, 0.25) is 65.0 Å². The van der Waals surface area contributed by atoms with Crippen molar-refractivity contribution < 1.29 is 72.8 Å². The van der Waals surface area contributed by atoms with E-state index in [1.165, 1.54) is 81.9 Å². The molecule has 0 aromatic carbocycles. The first-order valence-electron chi connectivity index (χ1n) is 31.5. The Balaban J connectivity index is 4.44. The van der Waals surface area contributed by atoms with Gasteiger partial charge >= 0.3 is 0 Å². The molecular formula is C63H113N11O15. The molecule has 2 unspecified atom stereocenters. The van der Waals surface area contributed by atoms with E-state index in [0.29, 0.717) is 0 Å². The number of hydrogen-bond acceptors (Lipinski definition) is 15. The molecule has 1 saturated heterocycles. The number of carbonyl (C=O) groups is 11. The molecular weight excluding hydrogens is 1150 g/mol. The van der Waals surface area contributed by atoms with Gasteiger partial charge in [-0.2, -0.15) is 0 Å². The van der Waals surface area contributed by atoms with Crippen molar-refractivity contribution in [2.75, 3.05) is 75.7 Å². The Morgan fingerprint density at radius 3 is 1.40 bits per heavy atom. The predicted molar refractivity (Wildman–Crippen MR) is 338 cm³/mol. The summed E-state index contributed by atoms with van der Waals surface area (Å²) in [6, 6.07) is -13.3. The Morgan fingerprint density at radius 1 is 0.506 bits per heavy atom. The average Bonchev–Trinajstić information content (AvgIpc) is 3.41. The third kappa shape index (κ3) is 23.4. The summed E-state index contributed by atoms with van der Waals surface area (Å²) in [5.74, 6) is -11.0. The molecule has 1 fully saturated rings. The van der Waals surface area contributed by atoms with Crippen molar-refractivity contribution in [1.82, 2.24) is 55.6 Å². The topological polar surface area (TPSA) is 328 Å². The van der Waals surface area contributed by atoms with Crippen LogP contribution in [0.2, 0.25) is 0 Å². The molecule has 26 heteroatoms. The molecule has 26 nitrogen and oxygen atoms in total. The van der Waals surface area contributed by atoms with Crippen molar-refractivity contribution in [2.24, 2.45) is 41.4 Å². The normalized spacial score (nSPS) is 26.2. The first-order chi connectivity index (χ1) is 41.2. The molecule has 7 N–H and O–H groups in total. The van der Waals surface area contributed by atoms with Gasteiger partial charge in [-0.25, -0.2) is 0 Å². The quantitative estimate of drug-likeness (QED) is 0.0716. The number of rotatable bonds is 19. The highest BCUT2D eigenvalue weighted by atomic mass is 16.5. The maximum atomic E-state index is 15.2. The maximum absolute atomic E-state index is 15.2. The Morgan fingerprint density at radius 2 is 0.944 bits per heavy atom. The summed E-state index contributed by atoms with van der Waals surface area (Å²) in [6.45, 7) is 24.3. The van der Waals surface area contributed by atoms with Gasteiger partial charge < -0.3 is 75.6 Å². The largest absolute Gasteiger partial charge is 0.516 e. The highest BCUT2D eigenvalue weighted by Gasteiger charge is 2.46. The van der Waals surface area contributed by atoms with Crippen LogP contribution in [-0.2, 0) is 57.5 Å². The molecule has 0 aliphatic carbocycles. The third-order valence-electron chi connectivity index (χ3n) is 16.4. The second kappa shape index (κ2) is 37.7. The second-order valence-electron chi connectivity index (χ2n) is 26.5. The van der Waals surface area contributed by atoms with Crippen LogP contribution in [0.3, 0.4) is 0 Å². The van der Waals surface area contributed by atoms with E-state index in [0.717, 1.165) is 21.0 Å². The molecule has 12 atom stereocenters. The molecule has 510 valence electrons. The lowest BCUT2D eigenvalue weighted by Gasteiger charge is -2.41. The lowest BCUT2D eigenvalue weighted by atomic mass is 9.91. The SMILES string of the molecule is CC[C@@H]1NC(=O)[C@H](C(O)C(C)C/C=C/O)N(C)C(=O)[C@H](C(C)C)N(C)C(=O)[C@H](CC(C)C)N(C)C(=O)[C@H](CC(C)C)N(C)C(=O)[C@H](COCCO)NC(=O)[C@H](C)NC(=O)[C@H](CC(C)C)N(C)C(=O)[C@H](C(C)C)NC(=O)[C@H](CC(C)C)N(C)C(=O)CN(C)C1=O. The van der Waals surface area contributed by atoms with E-state index in [9.17, 15) is 53.7 Å². The van der Waals surface area contributed by atoms with E-state index in [4.69, 9.17) is 4.74 Å². The molecule has 89 heavy (non-hydrogen) atoms. The van der Waals surface area contributed by atoms with Crippen LogP contribution in [0.1, 0.15) is 142 Å². The monoisotopic (exact) mass is 1260 g/mol. The van der Waals surface area contributed by atoms with E-state index < -0.39 is 169 Å².